The average molecular weight is 381 g/mol. The number of carbonyl (C=O) groups excluding carboxylic acids is 2. The minimum Gasteiger partial charge on any atom is -0.490 e. The summed E-state index contributed by atoms with van der Waals surface area (Å²) in [6.07, 6.45) is 2.68. The van der Waals surface area contributed by atoms with Crippen molar-refractivity contribution in [3.05, 3.63) is 53.6 Å². The number of primary amides is 1. The van der Waals surface area contributed by atoms with Crippen molar-refractivity contribution in [1.29, 1.82) is 0 Å². The van der Waals surface area contributed by atoms with E-state index in [0.717, 1.165) is 36.3 Å². The molecular weight excluding hydrogens is 358 g/mol. The van der Waals surface area contributed by atoms with Crippen molar-refractivity contribution in [2.45, 2.75) is 25.3 Å². The van der Waals surface area contributed by atoms with Crippen molar-refractivity contribution < 1.29 is 19.1 Å². The highest BCUT2D eigenvalue weighted by Crippen LogP contribution is 2.38. The zero-order valence-corrected chi connectivity index (χ0v) is 15.5. The lowest BCUT2D eigenvalue weighted by Gasteiger charge is -2.26. The maximum atomic E-state index is 13.1. The summed E-state index contributed by atoms with van der Waals surface area (Å²) in [4.78, 5) is 26.1. The van der Waals surface area contributed by atoms with E-state index in [1.807, 2.05) is 23.1 Å². The van der Waals surface area contributed by atoms with Crippen LogP contribution in [0.5, 0.6) is 11.5 Å². The minimum absolute atomic E-state index is 0.0163. The number of hydrogen-bond donors (Lipinski definition) is 2. The van der Waals surface area contributed by atoms with E-state index < -0.39 is 6.03 Å². The number of nitrogens with zero attached hydrogens (tertiary/aromatic N) is 1. The Hall–Kier alpha value is -3.22. The summed E-state index contributed by atoms with van der Waals surface area (Å²) in [5, 5.41) is 2.51. The Balaban J connectivity index is 1.57. The Labute approximate surface area is 163 Å². The Morgan fingerprint density at radius 1 is 1.04 bits per heavy atom. The highest BCUT2D eigenvalue weighted by molar-refractivity contribution is 5.97. The van der Waals surface area contributed by atoms with Gasteiger partial charge in [0.05, 0.1) is 19.3 Å². The molecule has 0 radical (unpaired) electrons. The van der Waals surface area contributed by atoms with E-state index in [1.165, 1.54) is 0 Å². The Kier molecular flexibility index (Phi) is 5.06. The van der Waals surface area contributed by atoms with Gasteiger partial charge in [-0.15, -0.1) is 0 Å². The van der Waals surface area contributed by atoms with Crippen LogP contribution in [0.1, 0.15) is 41.2 Å². The van der Waals surface area contributed by atoms with Crippen molar-refractivity contribution in [2.75, 3.05) is 25.1 Å². The lowest BCUT2D eigenvalue weighted by atomic mass is 10.0. The normalized spacial score (nSPS) is 18.4. The van der Waals surface area contributed by atoms with Crippen LogP contribution in [0.15, 0.2) is 42.5 Å². The molecule has 0 saturated carbocycles. The van der Waals surface area contributed by atoms with E-state index in [-0.39, 0.29) is 11.9 Å². The minimum atomic E-state index is -0.657. The van der Waals surface area contributed by atoms with Crippen LogP contribution >= 0.6 is 0 Å². The second-order valence-electron chi connectivity index (χ2n) is 6.98. The molecule has 2 aromatic rings. The Morgan fingerprint density at radius 3 is 2.68 bits per heavy atom. The lowest BCUT2D eigenvalue weighted by molar-refractivity contribution is 0.0735. The third-order valence-corrected chi connectivity index (χ3v) is 5.05. The molecular formula is C21H23N3O4. The summed E-state index contributed by atoms with van der Waals surface area (Å²) < 4.78 is 11.5. The summed E-state index contributed by atoms with van der Waals surface area (Å²) in [5.41, 5.74) is 7.24. The first-order valence-corrected chi connectivity index (χ1v) is 9.49. The third-order valence-electron chi connectivity index (χ3n) is 5.05. The number of benzene rings is 2. The third kappa shape index (κ3) is 3.74. The molecule has 3 amide bonds. The quantitative estimate of drug-likeness (QED) is 0.853. The van der Waals surface area contributed by atoms with Crippen LogP contribution in [0.3, 0.4) is 0 Å². The highest BCUT2D eigenvalue weighted by Gasteiger charge is 2.31. The van der Waals surface area contributed by atoms with Gasteiger partial charge < -0.3 is 25.4 Å². The van der Waals surface area contributed by atoms with Gasteiger partial charge in [-0.2, -0.15) is 0 Å². The number of likely N-dealkylation sites (tertiary alicyclic amines) is 1. The molecule has 146 valence electrons. The number of rotatable bonds is 3. The summed E-state index contributed by atoms with van der Waals surface area (Å²) >= 11 is 0. The molecule has 0 aliphatic carbocycles. The van der Waals surface area contributed by atoms with E-state index in [1.54, 1.807) is 24.3 Å². The fraction of sp³-hybridized carbons (Fsp3) is 0.333. The maximum absolute atomic E-state index is 13.1. The smallest absolute Gasteiger partial charge is 0.316 e. The van der Waals surface area contributed by atoms with Gasteiger partial charge in [-0.05, 0) is 48.7 Å². The zero-order chi connectivity index (χ0) is 19.5. The van der Waals surface area contributed by atoms with Gasteiger partial charge in [-0.1, -0.05) is 12.1 Å². The number of amides is 3. The average Bonchev–Trinajstić information content (AvgIpc) is 3.05. The summed E-state index contributed by atoms with van der Waals surface area (Å²) in [6.45, 7) is 1.96. The largest absolute Gasteiger partial charge is 0.490 e. The number of anilines is 1. The molecule has 0 bridgehead atoms. The van der Waals surface area contributed by atoms with E-state index in [4.69, 9.17) is 15.2 Å². The van der Waals surface area contributed by atoms with Crippen LogP contribution in [0, 0.1) is 0 Å². The lowest BCUT2D eigenvalue weighted by Crippen LogP contribution is -2.30. The molecule has 2 heterocycles. The summed E-state index contributed by atoms with van der Waals surface area (Å²) in [7, 11) is 0. The van der Waals surface area contributed by atoms with Crippen LogP contribution in [0.4, 0.5) is 10.5 Å². The number of hydrogen-bond acceptors (Lipinski definition) is 4. The highest BCUT2D eigenvalue weighted by atomic mass is 16.5. The van der Waals surface area contributed by atoms with Crippen LogP contribution in [0.25, 0.3) is 0 Å². The molecule has 0 spiro atoms. The number of ether oxygens (including phenoxy) is 2. The maximum Gasteiger partial charge on any atom is 0.316 e. The molecule has 4 rings (SSSR count). The van der Waals surface area contributed by atoms with Crippen molar-refractivity contribution in [3.8, 4) is 11.5 Å². The molecule has 2 aliphatic heterocycles. The van der Waals surface area contributed by atoms with Gasteiger partial charge in [-0.3, -0.25) is 4.79 Å². The van der Waals surface area contributed by atoms with Gasteiger partial charge in [0.25, 0.3) is 5.91 Å². The molecule has 7 nitrogen and oxygen atoms in total. The molecule has 1 atom stereocenters. The fourth-order valence-corrected chi connectivity index (χ4v) is 3.78. The second-order valence-corrected chi connectivity index (χ2v) is 6.98. The standard InChI is InChI=1S/C21H23N3O4/c22-21(26)23-16-5-1-4-15(12-16)20(25)24-9-2-6-17(24)14-7-8-18-19(13-14)28-11-3-10-27-18/h1,4-5,7-8,12-13,17H,2-3,6,9-11H2,(H3,22,23,26). The van der Waals surface area contributed by atoms with Crippen LogP contribution in [-0.2, 0) is 0 Å². The van der Waals surface area contributed by atoms with Crippen molar-refractivity contribution >= 4 is 17.6 Å². The van der Waals surface area contributed by atoms with E-state index in [2.05, 4.69) is 5.32 Å². The van der Waals surface area contributed by atoms with E-state index in [9.17, 15) is 9.59 Å². The Bertz CT molecular complexity index is 899. The number of nitrogens with two attached hydrogens (primary N) is 1. The number of carbonyl (C=O) groups is 2. The molecule has 1 saturated heterocycles. The summed E-state index contributed by atoms with van der Waals surface area (Å²) in [6, 6.07) is 12.1. The first-order chi connectivity index (χ1) is 13.6. The van der Waals surface area contributed by atoms with Crippen molar-refractivity contribution in [2.24, 2.45) is 5.73 Å². The zero-order valence-electron chi connectivity index (χ0n) is 15.5. The first kappa shape index (κ1) is 18.2. The van der Waals surface area contributed by atoms with Gasteiger partial charge >= 0.3 is 6.03 Å². The molecule has 7 heteroatoms. The number of urea groups is 1. The topological polar surface area (TPSA) is 93.9 Å². The van der Waals surface area contributed by atoms with Gasteiger partial charge in [0.2, 0.25) is 0 Å². The number of fused-ring (bicyclic) bond motifs is 1. The predicted molar refractivity (Wildman–Crippen MR) is 105 cm³/mol. The fourth-order valence-electron chi connectivity index (χ4n) is 3.78. The van der Waals surface area contributed by atoms with Gasteiger partial charge in [0.1, 0.15) is 0 Å². The molecule has 2 aromatic carbocycles. The van der Waals surface area contributed by atoms with Gasteiger partial charge in [0.15, 0.2) is 11.5 Å². The SMILES string of the molecule is NC(=O)Nc1cccc(C(=O)N2CCCC2c2ccc3c(c2)OCCCO3)c1. The predicted octanol–water partition coefficient (Wildman–Crippen LogP) is 3.32. The summed E-state index contributed by atoms with van der Waals surface area (Å²) in [5.74, 6) is 1.42. The molecule has 0 aromatic heterocycles. The van der Waals surface area contributed by atoms with Crippen molar-refractivity contribution in [3.63, 3.8) is 0 Å². The first-order valence-electron chi connectivity index (χ1n) is 9.49. The molecule has 28 heavy (non-hydrogen) atoms. The van der Waals surface area contributed by atoms with E-state index >= 15 is 0 Å². The van der Waals surface area contributed by atoms with Crippen LogP contribution in [0.2, 0.25) is 0 Å². The molecule has 1 unspecified atom stereocenters. The van der Waals surface area contributed by atoms with Gasteiger partial charge in [0, 0.05) is 24.2 Å². The second kappa shape index (κ2) is 7.80. The van der Waals surface area contributed by atoms with Gasteiger partial charge in [-0.25, -0.2) is 4.79 Å². The van der Waals surface area contributed by atoms with Crippen molar-refractivity contribution in [1.82, 2.24) is 4.90 Å². The number of nitrogens with one attached hydrogen (secondary N) is 1. The monoisotopic (exact) mass is 381 g/mol. The van der Waals surface area contributed by atoms with E-state index in [0.29, 0.717) is 31.0 Å². The molecule has 1 fully saturated rings. The Morgan fingerprint density at radius 2 is 1.86 bits per heavy atom. The molecule has 2 aliphatic rings. The van der Waals surface area contributed by atoms with Crippen LogP contribution < -0.4 is 20.5 Å². The van der Waals surface area contributed by atoms with Crippen LogP contribution in [-0.4, -0.2) is 36.6 Å². The molecule has 3 N–H and O–H groups in total.